The number of aryl methyl sites for hydroxylation is 1. The minimum Gasteiger partial charge on any atom is -0.383 e. The van der Waals surface area contributed by atoms with E-state index in [1.807, 2.05) is 19.3 Å². The van der Waals surface area contributed by atoms with Crippen LogP contribution in [0.25, 0.3) is 21.9 Å². The standard InChI is InChI=1S/C13H12N4/c1-17-13(14)12(8-16-17)10-3-2-9-4-5-15-7-11(9)6-10/h2-8H,14H2,1H3. The van der Waals surface area contributed by atoms with Gasteiger partial charge in [0.05, 0.1) is 6.20 Å². The van der Waals surface area contributed by atoms with Crippen LogP contribution in [0.1, 0.15) is 0 Å². The quantitative estimate of drug-likeness (QED) is 0.689. The van der Waals surface area contributed by atoms with Gasteiger partial charge in [-0.15, -0.1) is 0 Å². The van der Waals surface area contributed by atoms with Gasteiger partial charge in [-0.25, -0.2) is 0 Å². The fraction of sp³-hybridized carbons (Fsp3) is 0.0769. The Labute approximate surface area is 98.7 Å². The summed E-state index contributed by atoms with van der Waals surface area (Å²) in [5.41, 5.74) is 7.99. The highest BCUT2D eigenvalue weighted by Crippen LogP contribution is 2.27. The highest BCUT2D eigenvalue weighted by molar-refractivity contribution is 5.88. The van der Waals surface area contributed by atoms with Gasteiger partial charge in [-0.1, -0.05) is 12.1 Å². The van der Waals surface area contributed by atoms with Crippen LogP contribution >= 0.6 is 0 Å². The largest absolute Gasteiger partial charge is 0.383 e. The van der Waals surface area contributed by atoms with Crippen molar-refractivity contribution in [1.29, 1.82) is 0 Å². The van der Waals surface area contributed by atoms with E-state index in [0.29, 0.717) is 5.82 Å². The molecule has 0 bridgehead atoms. The summed E-state index contributed by atoms with van der Waals surface area (Å²) < 4.78 is 1.67. The summed E-state index contributed by atoms with van der Waals surface area (Å²) in [5.74, 6) is 0.674. The predicted molar refractivity (Wildman–Crippen MR) is 68.4 cm³/mol. The summed E-state index contributed by atoms with van der Waals surface area (Å²) in [4.78, 5) is 4.12. The number of anilines is 1. The average Bonchev–Trinajstić information content (AvgIpc) is 2.70. The van der Waals surface area contributed by atoms with Crippen LogP contribution in [0.2, 0.25) is 0 Å². The lowest BCUT2D eigenvalue weighted by atomic mass is 10.0. The van der Waals surface area contributed by atoms with E-state index in [0.717, 1.165) is 16.5 Å². The number of aromatic nitrogens is 3. The van der Waals surface area contributed by atoms with Crippen molar-refractivity contribution in [3.63, 3.8) is 0 Å². The van der Waals surface area contributed by atoms with Gasteiger partial charge in [0.2, 0.25) is 0 Å². The van der Waals surface area contributed by atoms with Crippen molar-refractivity contribution in [3.05, 3.63) is 42.9 Å². The minimum atomic E-state index is 0.674. The maximum absolute atomic E-state index is 5.96. The fourth-order valence-electron chi connectivity index (χ4n) is 1.92. The molecule has 0 fully saturated rings. The molecule has 0 unspecified atom stereocenters. The van der Waals surface area contributed by atoms with Crippen molar-refractivity contribution in [2.75, 3.05) is 5.73 Å². The van der Waals surface area contributed by atoms with Crippen molar-refractivity contribution in [2.24, 2.45) is 7.05 Å². The Kier molecular flexibility index (Phi) is 2.08. The fourth-order valence-corrected chi connectivity index (χ4v) is 1.92. The number of pyridine rings is 1. The number of rotatable bonds is 1. The number of hydrogen-bond donors (Lipinski definition) is 1. The van der Waals surface area contributed by atoms with Crippen LogP contribution in [0.15, 0.2) is 42.9 Å². The van der Waals surface area contributed by atoms with E-state index in [-0.39, 0.29) is 0 Å². The zero-order chi connectivity index (χ0) is 11.8. The topological polar surface area (TPSA) is 56.7 Å². The van der Waals surface area contributed by atoms with Gasteiger partial charge in [-0.05, 0) is 23.1 Å². The average molecular weight is 224 g/mol. The first kappa shape index (κ1) is 9.84. The Bertz CT molecular complexity index is 685. The molecular formula is C13H12N4. The van der Waals surface area contributed by atoms with Crippen molar-refractivity contribution >= 4 is 16.6 Å². The van der Waals surface area contributed by atoms with E-state index >= 15 is 0 Å². The van der Waals surface area contributed by atoms with Crippen molar-refractivity contribution in [1.82, 2.24) is 14.8 Å². The van der Waals surface area contributed by atoms with Gasteiger partial charge >= 0.3 is 0 Å². The number of nitrogens with zero attached hydrogens (tertiary/aromatic N) is 3. The normalized spacial score (nSPS) is 10.9. The number of benzene rings is 1. The van der Waals surface area contributed by atoms with Crippen molar-refractivity contribution in [3.8, 4) is 11.1 Å². The molecule has 0 atom stereocenters. The monoisotopic (exact) mass is 224 g/mol. The van der Waals surface area contributed by atoms with Crippen LogP contribution in [0.4, 0.5) is 5.82 Å². The summed E-state index contributed by atoms with van der Waals surface area (Å²) in [6.45, 7) is 0. The molecule has 2 N–H and O–H groups in total. The molecule has 0 spiro atoms. The van der Waals surface area contributed by atoms with Crippen LogP contribution in [0.5, 0.6) is 0 Å². The lowest BCUT2D eigenvalue weighted by molar-refractivity contribution is 0.779. The molecule has 3 aromatic rings. The van der Waals surface area contributed by atoms with E-state index in [4.69, 9.17) is 5.73 Å². The Morgan fingerprint density at radius 3 is 2.76 bits per heavy atom. The van der Waals surface area contributed by atoms with E-state index in [1.54, 1.807) is 17.1 Å². The van der Waals surface area contributed by atoms with E-state index in [9.17, 15) is 0 Å². The molecule has 0 radical (unpaired) electrons. The van der Waals surface area contributed by atoms with Gasteiger partial charge in [-0.2, -0.15) is 5.10 Å². The maximum atomic E-state index is 5.96. The summed E-state index contributed by atoms with van der Waals surface area (Å²) in [6, 6.07) is 8.19. The van der Waals surface area contributed by atoms with Crippen LogP contribution < -0.4 is 5.73 Å². The summed E-state index contributed by atoms with van der Waals surface area (Å²) >= 11 is 0. The third kappa shape index (κ3) is 1.54. The molecular weight excluding hydrogens is 212 g/mol. The Balaban J connectivity index is 2.21. The minimum absolute atomic E-state index is 0.674. The third-order valence-corrected chi connectivity index (χ3v) is 2.94. The second kappa shape index (κ2) is 3.59. The molecule has 0 saturated carbocycles. The van der Waals surface area contributed by atoms with Gasteiger partial charge in [-0.3, -0.25) is 9.67 Å². The van der Waals surface area contributed by atoms with Crippen LogP contribution in [0, 0.1) is 0 Å². The van der Waals surface area contributed by atoms with E-state index in [1.165, 1.54) is 5.39 Å². The SMILES string of the molecule is Cn1ncc(-c2ccc3ccncc3c2)c1N. The van der Waals surface area contributed by atoms with Crippen molar-refractivity contribution in [2.45, 2.75) is 0 Å². The highest BCUT2D eigenvalue weighted by Gasteiger charge is 2.07. The lowest BCUT2D eigenvalue weighted by Crippen LogP contribution is -1.97. The number of fused-ring (bicyclic) bond motifs is 1. The molecule has 2 heterocycles. The molecule has 2 aromatic heterocycles. The second-order valence-corrected chi connectivity index (χ2v) is 4.00. The molecule has 0 aliphatic carbocycles. The molecule has 1 aromatic carbocycles. The maximum Gasteiger partial charge on any atom is 0.129 e. The first-order valence-electron chi connectivity index (χ1n) is 5.37. The molecule has 0 aliphatic rings. The molecule has 0 saturated heterocycles. The molecule has 4 heteroatoms. The Hall–Kier alpha value is -2.36. The molecule has 17 heavy (non-hydrogen) atoms. The lowest BCUT2D eigenvalue weighted by Gasteiger charge is -2.03. The predicted octanol–water partition coefficient (Wildman–Crippen LogP) is 2.22. The van der Waals surface area contributed by atoms with Crippen LogP contribution in [-0.4, -0.2) is 14.8 Å². The van der Waals surface area contributed by atoms with Crippen LogP contribution in [-0.2, 0) is 7.05 Å². The Morgan fingerprint density at radius 2 is 2.00 bits per heavy atom. The van der Waals surface area contributed by atoms with Gasteiger partial charge in [0, 0.05) is 30.4 Å². The van der Waals surface area contributed by atoms with E-state index < -0.39 is 0 Å². The van der Waals surface area contributed by atoms with E-state index in [2.05, 4.69) is 28.3 Å². The molecule has 0 amide bonds. The molecule has 4 nitrogen and oxygen atoms in total. The summed E-state index contributed by atoms with van der Waals surface area (Å²) in [6.07, 6.45) is 5.43. The Morgan fingerprint density at radius 1 is 1.12 bits per heavy atom. The summed E-state index contributed by atoms with van der Waals surface area (Å²) in [5, 5.41) is 6.43. The third-order valence-electron chi connectivity index (χ3n) is 2.94. The van der Waals surface area contributed by atoms with Gasteiger partial charge in [0.1, 0.15) is 5.82 Å². The molecule has 84 valence electrons. The summed E-state index contributed by atoms with van der Waals surface area (Å²) in [7, 11) is 1.83. The zero-order valence-electron chi connectivity index (χ0n) is 9.46. The first-order valence-corrected chi connectivity index (χ1v) is 5.37. The second-order valence-electron chi connectivity index (χ2n) is 4.00. The van der Waals surface area contributed by atoms with Gasteiger partial charge in [0.25, 0.3) is 0 Å². The molecule has 0 aliphatic heterocycles. The first-order chi connectivity index (χ1) is 8.25. The highest BCUT2D eigenvalue weighted by atomic mass is 15.3. The van der Waals surface area contributed by atoms with Gasteiger partial charge < -0.3 is 5.73 Å². The van der Waals surface area contributed by atoms with Crippen LogP contribution in [0.3, 0.4) is 0 Å². The smallest absolute Gasteiger partial charge is 0.129 e. The van der Waals surface area contributed by atoms with Gasteiger partial charge in [0.15, 0.2) is 0 Å². The zero-order valence-corrected chi connectivity index (χ0v) is 9.46. The van der Waals surface area contributed by atoms with Crippen molar-refractivity contribution < 1.29 is 0 Å². The molecule has 3 rings (SSSR count). The number of hydrogen-bond acceptors (Lipinski definition) is 3. The number of nitrogens with two attached hydrogens (primary N) is 1. The number of nitrogen functional groups attached to an aromatic ring is 1.